The summed E-state index contributed by atoms with van der Waals surface area (Å²) in [6, 6.07) is 0. The van der Waals surface area contributed by atoms with Gasteiger partial charge in [-0.2, -0.15) is 0 Å². The van der Waals surface area contributed by atoms with Crippen molar-refractivity contribution in [2.45, 2.75) is 45.4 Å². The first-order valence-corrected chi connectivity index (χ1v) is 6.05. The second-order valence-corrected chi connectivity index (χ2v) is 4.44. The average Bonchev–Trinajstić information content (AvgIpc) is 2.26. The summed E-state index contributed by atoms with van der Waals surface area (Å²) in [5, 5.41) is 9.04. The van der Waals surface area contributed by atoms with Gasteiger partial charge in [0.15, 0.2) is 0 Å². The van der Waals surface area contributed by atoms with Crippen molar-refractivity contribution in [1.29, 1.82) is 0 Å². The fourth-order valence-electron chi connectivity index (χ4n) is 2.15. The first-order chi connectivity index (χ1) is 6.86. The molecule has 1 rings (SSSR count). The molecule has 14 heavy (non-hydrogen) atoms. The van der Waals surface area contributed by atoms with Crippen LogP contribution in [0.25, 0.3) is 0 Å². The van der Waals surface area contributed by atoms with Crippen molar-refractivity contribution in [3.05, 3.63) is 0 Å². The quantitative estimate of drug-likeness (QED) is 0.714. The van der Waals surface area contributed by atoms with Gasteiger partial charge in [-0.15, -0.1) is 0 Å². The van der Waals surface area contributed by atoms with Crippen LogP contribution in [0, 0.1) is 11.8 Å². The Labute approximate surface area is 87.7 Å². The highest BCUT2D eigenvalue weighted by Crippen LogP contribution is 2.22. The molecule has 2 heteroatoms. The van der Waals surface area contributed by atoms with Crippen LogP contribution in [0.15, 0.2) is 0 Å². The van der Waals surface area contributed by atoms with Gasteiger partial charge >= 0.3 is 0 Å². The Morgan fingerprint density at radius 1 is 1.36 bits per heavy atom. The second kappa shape index (κ2) is 7.24. The highest BCUT2D eigenvalue weighted by molar-refractivity contribution is 4.65. The van der Waals surface area contributed by atoms with Crippen molar-refractivity contribution in [2.75, 3.05) is 19.8 Å². The number of ether oxygens (including phenoxy) is 1. The zero-order valence-electron chi connectivity index (χ0n) is 9.37. The summed E-state index contributed by atoms with van der Waals surface area (Å²) in [6.45, 7) is 4.45. The summed E-state index contributed by atoms with van der Waals surface area (Å²) < 4.78 is 5.33. The third kappa shape index (κ3) is 4.43. The Morgan fingerprint density at radius 2 is 2.07 bits per heavy atom. The Morgan fingerprint density at radius 3 is 2.64 bits per heavy atom. The van der Waals surface area contributed by atoms with Gasteiger partial charge in [0, 0.05) is 19.8 Å². The van der Waals surface area contributed by atoms with E-state index in [9.17, 15) is 0 Å². The molecule has 1 aliphatic heterocycles. The van der Waals surface area contributed by atoms with Gasteiger partial charge in [-0.3, -0.25) is 0 Å². The maximum Gasteiger partial charge on any atom is 0.0468 e. The molecular weight excluding hydrogens is 176 g/mol. The highest BCUT2D eigenvalue weighted by Gasteiger charge is 2.14. The van der Waals surface area contributed by atoms with E-state index in [4.69, 9.17) is 9.84 Å². The summed E-state index contributed by atoms with van der Waals surface area (Å²) in [6.07, 6.45) is 7.42. The molecule has 0 spiro atoms. The van der Waals surface area contributed by atoms with Crippen molar-refractivity contribution in [1.82, 2.24) is 0 Å². The molecule has 0 aromatic rings. The lowest BCUT2D eigenvalue weighted by Crippen LogP contribution is -2.16. The number of aliphatic hydroxyl groups excluding tert-OH is 1. The predicted octanol–water partition coefficient (Wildman–Crippen LogP) is 2.60. The zero-order chi connectivity index (χ0) is 10.2. The van der Waals surface area contributed by atoms with Crippen LogP contribution in [0.1, 0.15) is 45.4 Å². The molecule has 1 N–H and O–H groups in total. The number of rotatable bonds is 6. The van der Waals surface area contributed by atoms with E-state index in [-0.39, 0.29) is 0 Å². The van der Waals surface area contributed by atoms with E-state index in [1.807, 2.05) is 0 Å². The van der Waals surface area contributed by atoms with E-state index in [1.165, 1.54) is 32.1 Å². The maximum absolute atomic E-state index is 9.04. The van der Waals surface area contributed by atoms with Gasteiger partial charge in [-0.05, 0) is 31.1 Å². The summed E-state index contributed by atoms with van der Waals surface area (Å²) in [7, 11) is 0. The molecule has 0 amide bonds. The lowest BCUT2D eigenvalue weighted by atomic mass is 9.91. The van der Waals surface area contributed by atoms with Crippen LogP contribution in [0.4, 0.5) is 0 Å². The lowest BCUT2D eigenvalue weighted by molar-refractivity contribution is 0.0623. The normalized spacial score (nSPS) is 21.0. The average molecular weight is 200 g/mol. The van der Waals surface area contributed by atoms with Crippen LogP contribution >= 0.6 is 0 Å². The molecular formula is C12H24O2. The second-order valence-electron chi connectivity index (χ2n) is 4.44. The summed E-state index contributed by atoms with van der Waals surface area (Å²) in [4.78, 5) is 0. The fraction of sp³-hybridized carbons (Fsp3) is 1.00. The molecule has 1 unspecified atom stereocenters. The molecule has 1 aliphatic rings. The van der Waals surface area contributed by atoms with Gasteiger partial charge in [0.1, 0.15) is 0 Å². The van der Waals surface area contributed by atoms with E-state index in [0.717, 1.165) is 25.6 Å². The standard InChI is InChI=1S/C12H24O2/c1-2-11(10-13)4-3-5-12-6-8-14-9-7-12/h11-13H,2-10H2,1H3. The Balaban J connectivity index is 2.01. The van der Waals surface area contributed by atoms with Gasteiger partial charge in [-0.25, -0.2) is 0 Å². The Bertz CT molecular complexity index is 126. The van der Waals surface area contributed by atoms with E-state index in [0.29, 0.717) is 12.5 Å². The van der Waals surface area contributed by atoms with Gasteiger partial charge in [0.05, 0.1) is 0 Å². The third-order valence-corrected chi connectivity index (χ3v) is 3.40. The largest absolute Gasteiger partial charge is 0.396 e. The third-order valence-electron chi connectivity index (χ3n) is 3.40. The number of aliphatic hydroxyl groups is 1. The Kier molecular flexibility index (Phi) is 6.20. The molecule has 0 radical (unpaired) electrons. The van der Waals surface area contributed by atoms with Crippen LogP contribution in [0.2, 0.25) is 0 Å². The number of hydrogen-bond acceptors (Lipinski definition) is 2. The zero-order valence-corrected chi connectivity index (χ0v) is 9.37. The highest BCUT2D eigenvalue weighted by atomic mass is 16.5. The minimum absolute atomic E-state index is 0.365. The molecule has 0 bridgehead atoms. The summed E-state index contributed by atoms with van der Waals surface area (Å²) >= 11 is 0. The minimum atomic E-state index is 0.365. The fourth-order valence-corrected chi connectivity index (χ4v) is 2.15. The first kappa shape index (κ1) is 12.0. The smallest absolute Gasteiger partial charge is 0.0468 e. The van der Waals surface area contributed by atoms with E-state index in [1.54, 1.807) is 0 Å². The summed E-state index contributed by atoms with van der Waals surface area (Å²) in [5.41, 5.74) is 0. The van der Waals surface area contributed by atoms with Gasteiger partial charge in [0.25, 0.3) is 0 Å². The molecule has 1 atom stereocenters. The molecule has 1 saturated heterocycles. The molecule has 0 aliphatic carbocycles. The SMILES string of the molecule is CCC(CO)CCCC1CCOCC1. The topological polar surface area (TPSA) is 29.5 Å². The lowest BCUT2D eigenvalue weighted by Gasteiger charge is -2.22. The molecule has 0 aromatic heterocycles. The van der Waals surface area contributed by atoms with Gasteiger partial charge in [-0.1, -0.05) is 26.2 Å². The maximum atomic E-state index is 9.04. The number of hydrogen-bond donors (Lipinski definition) is 1. The van der Waals surface area contributed by atoms with Crippen molar-refractivity contribution in [3.63, 3.8) is 0 Å². The minimum Gasteiger partial charge on any atom is -0.396 e. The van der Waals surface area contributed by atoms with E-state index < -0.39 is 0 Å². The van der Waals surface area contributed by atoms with Crippen molar-refractivity contribution in [2.24, 2.45) is 11.8 Å². The van der Waals surface area contributed by atoms with Gasteiger partial charge < -0.3 is 9.84 Å². The van der Waals surface area contributed by atoms with Crippen molar-refractivity contribution >= 4 is 0 Å². The molecule has 1 heterocycles. The van der Waals surface area contributed by atoms with E-state index >= 15 is 0 Å². The van der Waals surface area contributed by atoms with Crippen LogP contribution in [-0.2, 0) is 4.74 Å². The Hall–Kier alpha value is -0.0800. The molecule has 0 saturated carbocycles. The molecule has 1 fully saturated rings. The summed E-state index contributed by atoms with van der Waals surface area (Å²) in [5.74, 6) is 1.43. The van der Waals surface area contributed by atoms with Crippen molar-refractivity contribution < 1.29 is 9.84 Å². The monoisotopic (exact) mass is 200 g/mol. The van der Waals surface area contributed by atoms with Crippen LogP contribution in [0.5, 0.6) is 0 Å². The van der Waals surface area contributed by atoms with Crippen LogP contribution in [-0.4, -0.2) is 24.9 Å². The molecule has 84 valence electrons. The first-order valence-electron chi connectivity index (χ1n) is 6.05. The van der Waals surface area contributed by atoms with Crippen molar-refractivity contribution in [3.8, 4) is 0 Å². The molecule has 2 nitrogen and oxygen atoms in total. The van der Waals surface area contributed by atoms with E-state index in [2.05, 4.69) is 6.92 Å². The predicted molar refractivity (Wildman–Crippen MR) is 58.3 cm³/mol. The van der Waals surface area contributed by atoms with Crippen LogP contribution < -0.4 is 0 Å². The van der Waals surface area contributed by atoms with Crippen LogP contribution in [0.3, 0.4) is 0 Å². The van der Waals surface area contributed by atoms with Gasteiger partial charge in [0.2, 0.25) is 0 Å². The molecule has 0 aromatic carbocycles.